The number of ether oxygens (including phenoxy) is 2. The lowest BCUT2D eigenvalue weighted by molar-refractivity contribution is -0.274. The molecule has 0 radical (unpaired) electrons. The van der Waals surface area contributed by atoms with Crippen molar-refractivity contribution >= 4 is 28.5 Å². The highest BCUT2D eigenvalue weighted by Gasteiger charge is 2.31. The number of nitrogens with one attached hydrogen (secondary N) is 2. The van der Waals surface area contributed by atoms with Gasteiger partial charge in [-0.05, 0) is 43.3 Å². The molecule has 0 saturated heterocycles. The normalized spacial score (nSPS) is 12.4. The van der Waals surface area contributed by atoms with Crippen LogP contribution in [-0.4, -0.2) is 29.3 Å². The molecule has 146 valence electrons. The highest BCUT2D eigenvalue weighted by atomic mass is 19.4. The van der Waals surface area contributed by atoms with E-state index >= 15 is 0 Å². The van der Waals surface area contributed by atoms with E-state index in [-0.39, 0.29) is 11.4 Å². The number of rotatable bonds is 5. The molecule has 0 fully saturated rings. The van der Waals surface area contributed by atoms with E-state index in [1.54, 1.807) is 12.1 Å². The van der Waals surface area contributed by atoms with E-state index in [1.165, 1.54) is 19.1 Å². The van der Waals surface area contributed by atoms with E-state index in [4.69, 9.17) is 4.74 Å². The number of benzene rings is 2. The summed E-state index contributed by atoms with van der Waals surface area (Å²) in [7, 11) is 0. The van der Waals surface area contributed by atoms with Crippen LogP contribution in [0.1, 0.15) is 17.4 Å². The molecule has 6 nitrogen and oxygen atoms in total. The van der Waals surface area contributed by atoms with Gasteiger partial charge in [-0.3, -0.25) is 4.79 Å². The average molecular weight is 392 g/mol. The van der Waals surface area contributed by atoms with Gasteiger partial charge >= 0.3 is 12.3 Å². The predicted molar refractivity (Wildman–Crippen MR) is 94.9 cm³/mol. The molecule has 2 N–H and O–H groups in total. The van der Waals surface area contributed by atoms with Crippen molar-refractivity contribution in [3.8, 4) is 5.75 Å². The number of halogens is 3. The zero-order valence-electron chi connectivity index (χ0n) is 14.5. The number of carbonyl (C=O) groups excluding carboxylic acids is 2. The summed E-state index contributed by atoms with van der Waals surface area (Å²) in [5, 5.41) is 3.28. The summed E-state index contributed by atoms with van der Waals surface area (Å²) in [5.74, 6) is -1.74. The van der Waals surface area contributed by atoms with Crippen molar-refractivity contribution in [2.45, 2.75) is 19.4 Å². The molecule has 0 aliphatic rings. The van der Waals surface area contributed by atoms with Crippen LogP contribution in [0.3, 0.4) is 0 Å². The Morgan fingerprint density at radius 2 is 1.75 bits per heavy atom. The van der Waals surface area contributed by atoms with Crippen LogP contribution in [0, 0.1) is 0 Å². The van der Waals surface area contributed by atoms with Gasteiger partial charge in [-0.2, -0.15) is 0 Å². The quantitative estimate of drug-likeness (QED) is 0.636. The van der Waals surface area contributed by atoms with E-state index in [0.717, 1.165) is 23.0 Å². The Bertz CT molecular complexity index is 963. The molecule has 9 heteroatoms. The molecule has 2 aromatic carbocycles. The Morgan fingerprint density at radius 1 is 1.07 bits per heavy atom. The Kier molecular flexibility index (Phi) is 5.25. The fourth-order valence-corrected chi connectivity index (χ4v) is 2.44. The van der Waals surface area contributed by atoms with Gasteiger partial charge in [-0.25, -0.2) is 4.79 Å². The van der Waals surface area contributed by atoms with Gasteiger partial charge in [-0.15, -0.1) is 13.2 Å². The lowest BCUT2D eigenvalue weighted by Gasteiger charge is -2.13. The molecule has 0 aliphatic carbocycles. The Labute approximate surface area is 157 Å². The van der Waals surface area contributed by atoms with E-state index in [0.29, 0.717) is 0 Å². The number of fused-ring (bicyclic) bond motifs is 1. The van der Waals surface area contributed by atoms with Crippen molar-refractivity contribution in [3.63, 3.8) is 0 Å². The summed E-state index contributed by atoms with van der Waals surface area (Å²) in [6.07, 6.45) is -5.92. The maximum atomic E-state index is 12.2. The fraction of sp³-hybridized carbons (Fsp3) is 0.158. The van der Waals surface area contributed by atoms with E-state index < -0.39 is 30.1 Å². The third-order valence-electron chi connectivity index (χ3n) is 3.76. The van der Waals surface area contributed by atoms with Crippen molar-refractivity contribution in [1.29, 1.82) is 0 Å². The first kappa shape index (κ1) is 19.3. The van der Waals surface area contributed by atoms with Gasteiger partial charge in [0.05, 0.1) is 0 Å². The smallest absolute Gasteiger partial charge is 0.448 e. The first-order chi connectivity index (χ1) is 13.2. The molecule has 1 amide bonds. The number of alkyl halides is 3. The van der Waals surface area contributed by atoms with Crippen molar-refractivity contribution in [2.24, 2.45) is 0 Å². The molecule has 1 heterocycles. The summed E-state index contributed by atoms with van der Waals surface area (Å²) < 4.78 is 45.3. The predicted octanol–water partition coefficient (Wildman–Crippen LogP) is 4.25. The second-order valence-electron chi connectivity index (χ2n) is 5.88. The molecule has 3 aromatic rings. The van der Waals surface area contributed by atoms with Crippen LogP contribution in [0.5, 0.6) is 5.75 Å². The van der Waals surface area contributed by atoms with Gasteiger partial charge < -0.3 is 19.8 Å². The zero-order chi connectivity index (χ0) is 20.3. The van der Waals surface area contributed by atoms with Crippen molar-refractivity contribution in [2.75, 3.05) is 5.32 Å². The van der Waals surface area contributed by atoms with E-state index in [2.05, 4.69) is 15.0 Å². The highest BCUT2D eigenvalue weighted by molar-refractivity contribution is 5.98. The molecular weight excluding hydrogens is 377 g/mol. The van der Waals surface area contributed by atoms with Gasteiger partial charge in [0.25, 0.3) is 5.91 Å². The molecule has 0 spiro atoms. The summed E-state index contributed by atoms with van der Waals surface area (Å²) in [6.45, 7) is 1.39. The second-order valence-corrected chi connectivity index (χ2v) is 5.88. The maximum Gasteiger partial charge on any atom is 0.573 e. The number of carbonyl (C=O) groups is 2. The Morgan fingerprint density at radius 3 is 2.39 bits per heavy atom. The largest absolute Gasteiger partial charge is 0.573 e. The number of esters is 1. The van der Waals surface area contributed by atoms with E-state index in [9.17, 15) is 22.8 Å². The summed E-state index contributed by atoms with van der Waals surface area (Å²) >= 11 is 0. The maximum absolute atomic E-state index is 12.2. The molecular formula is C19H15F3N2O4. The van der Waals surface area contributed by atoms with Crippen LogP contribution < -0.4 is 10.1 Å². The van der Waals surface area contributed by atoms with Gasteiger partial charge in [-0.1, -0.05) is 18.2 Å². The number of para-hydroxylation sites is 1. The topological polar surface area (TPSA) is 80.4 Å². The SMILES string of the molecule is C[C@H](OC(=O)c1cc2ccccc2[nH]1)C(=O)Nc1ccc(OC(F)(F)F)cc1. The number of H-pyrrole nitrogens is 1. The summed E-state index contributed by atoms with van der Waals surface area (Å²) in [4.78, 5) is 27.3. The highest BCUT2D eigenvalue weighted by Crippen LogP contribution is 2.24. The number of hydrogen-bond donors (Lipinski definition) is 2. The minimum atomic E-state index is -4.80. The van der Waals surface area contributed by atoms with Crippen molar-refractivity contribution < 1.29 is 32.2 Å². The van der Waals surface area contributed by atoms with Gasteiger partial charge in [0.2, 0.25) is 0 Å². The number of anilines is 1. The number of amides is 1. The molecule has 1 aromatic heterocycles. The Hall–Kier alpha value is -3.49. The average Bonchev–Trinajstić information content (AvgIpc) is 3.06. The standard InChI is InChI=1S/C19H15F3N2O4/c1-11(27-18(26)16-10-12-4-2-3-5-15(12)24-16)17(25)23-13-6-8-14(9-7-13)28-19(20,21)22/h2-11,24H,1H3,(H,23,25)/t11-/m0/s1. The lowest BCUT2D eigenvalue weighted by Crippen LogP contribution is -2.30. The molecule has 0 unspecified atom stereocenters. The van der Waals surface area contributed by atoms with Crippen LogP contribution in [0.4, 0.5) is 18.9 Å². The van der Waals surface area contributed by atoms with Crippen molar-refractivity contribution in [3.05, 3.63) is 60.3 Å². The number of hydrogen-bond acceptors (Lipinski definition) is 4. The van der Waals surface area contributed by atoms with E-state index in [1.807, 2.05) is 18.2 Å². The van der Waals surface area contributed by atoms with Gasteiger partial charge in [0.1, 0.15) is 11.4 Å². The minimum absolute atomic E-state index is 0.203. The van der Waals surface area contributed by atoms with Crippen LogP contribution >= 0.6 is 0 Å². The fourth-order valence-electron chi connectivity index (χ4n) is 2.44. The van der Waals surface area contributed by atoms with Crippen LogP contribution in [0.2, 0.25) is 0 Å². The molecule has 0 aliphatic heterocycles. The number of aromatic amines is 1. The number of aromatic nitrogens is 1. The lowest BCUT2D eigenvalue weighted by atomic mass is 10.2. The zero-order valence-corrected chi connectivity index (χ0v) is 14.5. The molecule has 3 rings (SSSR count). The first-order valence-corrected chi connectivity index (χ1v) is 8.17. The molecule has 0 bridgehead atoms. The third kappa shape index (κ3) is 4.81. The Balaban J connectivity index is 1.58. The summed E-state index contributed by atoms with van der Waals surface area (Å²) in [5.41, 5.74) is 1.19. The van der Waals surface area contributed by atoms with Crippen LogP contribution in [-0.2, 0) is 9.53 Å². The molecule has 28 heavy (non-hydrogen) atoms. The first-order valence-electron chi connectivity index (χ1n) is 8.17. The van der Waals surface area contributed by atoms with Gasteiger partial charge in [0.15, 0.2) is 6.10 Å². The van der Waals surface area contributed by atoms with Crippen LogP contribution in [0.25, 0.3) is 10.9 Å². The molecule has 1 atom stereocenters. The summed E-state index contributed by atoms with van der Waals surface area (Å²) in [6, 6.07) is 13.5. The van der Waals surface area contributed by atoms with Crippen LogP contribution in [0.15, 0.2) is 54.6 Å². The monoisotopic (exact) mass is 392 g/mol. The minimum Gasteiger partial charge on any atom is -0.448 e. The molecule has 0 saturated carbocycles. The second kappa shape index (κ2) is 7.63. The van der Waals surface area contributed by atoms with Gasteiger partial charge in [0, 0.05) is 16.6 Å². The third-order valence-corrected chi connectivity index (χ3v) is 3.76. The van der Waals surface area contributed by atoms with Crippen molar-refractivity contribution in [1.82, 2.24) is 4.98 Å².